The number of hydrogen-bond acceptors (Lipinski definition) is 4. The molecule has 23 heavy (non-hydrogen) atoms. The van der Waals surface area contributed by atoms with E-state index < -0.39 is 5.97 Å². The second kappa shape index (κ2) is 8.10. The van der Waals surface area contributed by atoms with Gasteiger partial charge in [0.25, 0.3) is 5.91 Å². The van der Waals surface area contributed by atoms with Crippen LogP contribution in [0.15, 0.2) is 54.6 Å². The molecule has 120 valence electrons. The Morgan fingerprint density at radius 2 is 1.78 bits per heavy atom. The van der Waals surface area contributed by atoms with Gasteiger partial charge in [0.15, 0.2) is 6.61 Å². The Balaban J connectivity index is 1.93. The van der Waals surface area contributed by atoms with Gasteiger partial charge in [-0.1, -0.05) is 30.3 Å². The minimum absolute atomic E-state index is 0.294. The van der Waals surface area contributed by atoms with Gasteiger partial charge >= 0.3 is 5.97 Å². The molecule has 5 heteroatoms. The van der Waals surface area contributed by atoms with Gasteiger partial charge in [-0.15, -0.1) is 0 Å². The first kappa shape index (κ1) is 16.7. The zero-order valence-electron chi connectivity index (χ0n) is 13.2. The Morgan fingerprint density at radius 1 is 1.04 bits per heavy atom. The first-order valence-corrected chi connectivity index (χ1v) is 7.18. The highest BCUT2D eigenvalue weighted by atomic mass is 16.5. The Bertz CT molecular complexity index is 670. The summed E-state index contributed by atoms with van der Waals surface area (Å²) in [7, 11) is 3.23. The summed E-state index contributed by atoms with van der Waals surface area (Å²) in [5.41, 5.74) is 2.01. The largest absolute Gasteiger partial charge is 0.452 e. The fraction of sp³-hybridized carbons (Fsp3) is 0.222. The lowest BCUT2D eigenvalue weighted by atomic mass is 10.1. The van der Waals surface area contributed by atoms with Crippen LogP contribution >= 0.6 is 0 Å². The number of likely N-dealkylation sites (N-methyl/N-ethyl adjacent to an activating group) is 1. The summed E-state index contributed by atoms with van der Waals surface area (Å²) >= 11 is 0. The molecule has 0 atom stereocenters. The van der Waals surface area contributed by atoms with Crippen molar-refractivity contribution in [3.63, 3.8) is 0 Å². The quantitative estimate of drug-likeness (QED) is 0.769. The van der Waals surface area contributed by atoms with E-state index in [4.69, 9.17) is 9.47 Å². The number of benzene rings is 2. The lowest BCUT2D eigenvalue weighted by molar-refractivity contribution is -0.121. The fourth-order valence-electron chi connectivity index (χ4n) is 2.06. The van der Waals surface area contributed by atoms with E-state index in [9.17, 15) is 9.59 Å². The number of esters is 1. The number of rotatable bonds is 6. The molecule has 0 aromatic heterocycles. The summed E-state index contributed by atoms with van der Waals surface area (Å²) in [5.74, 6) is -0.824. The van der Waals surface area contributed by atoms with Crippen LogP contribution in [0.1, 0.15) is 15.9 Å². The van der Waals surface area contributed by atoms with Crippen molar-refractivity contribution in [2.45, 2.75) is 6.61 Å². The van der Waals surface area contributed by atoms with Crippen LogP contribution in [0.4, 0.5) is 5.69 Å². The van der Waals surface area contributed by atoms with Crippen LogP contribution in [-0.4, -0.2) is 32.6 Å². The van der Waals surface area contributed by atoms with E-state index in [1.54, 1.807) is 32.4 Å². The van der Waals surface area contributed by atoms with Crippen molar-refractivity contribution in [1.82, 2.24) is 0 Å². The van der Waals surface area contributed by atoms with Crippen LogP contribution in [0.5, 0.6) is 0 Å². The molecule has 0 radical (unpaired) electrons. The van der Waals surface area contributed by atoms with Gasteiger partial charge in [-0.05, 0) is 29.8 Å². The molecule has 1 amide bonds. The standard InChI is InChI=1S/C18H19NO4/c1-19(16-9-4-3-5-10-16)17(20)13-23-18(21)15-8-6-7-14(11-15)12-22-2/h3-11H,12-13H2,1-2H3. The van der Waals surface area contributed by atoms with Gasteiger partial charge in [-0.3, -0.25) is 4.79 Å². The number of carbonyl (C=O) groups excluding carboxylic acids is 2. The zero-order valence-corrected chi connectivity index (χ0v) is 13.2. The van der Waals surface area contributed by atoms with E-state index in [0.29, 0.717) is 12.2 Å². The van der Waals surface area contributed by atoms with E-state index in [-0.39, 0.29) is 12.5 Å². The third-order valence-electron chi connectivity index (χ3n) is 3.32. The Labute approximate surface area is 135 Å². The monoisotopic (exact) mass is 313 g/mol. The third-order valence-corrected chi connectivity index (χ3v) is 3.32. The number of hydrogen-bond donors (Lipinski definition) is 0. The van der Waals surface area contributed by atoms with E-state index in [0.717, 1.165) is 11.3 Å². The highest BCUT2D eigenvalue weighted by molar-refractivity contribution is 5.96. The predicted octanol–water partition coefficient (Wildman–Crippen LogP) is 2.65. The van der Waals surface area contributed by atoms with Gasteiger partial charge in [0, 0.05) is 19.8 Å². The summed E-state index contributed by atoms with van der Waals surface area (Å²) in [6, 6.07) is 16.1. The zero-order chi connectivity index (χ0) is 16.7. The SMILES string of the molecule is COCc1cccc(C(=O)OCC(=O)N(C)c2ccccc2)c1. The van der Waals surface area contributed by atoms with Crippen LogP contribution in [0.2, 0.25) is 0 Å². The van der Waals surface area contributed by atoms with E-state index >= 15 is 0 Å². The van der Waals surface area contributed by atoms with Crippen LogP contribution in [0, 0.1) is 0 Å². The summed E-state index contributed by atoms with van der Waals surface area (Å²) in [6.45, 7) is 0.107. The van der Waals surface area contributed by atoms with Crippen LogP contribution in [0.25, 0.3) is 0 Å². The van der Waals surface area contributed by atoms with Crippen molar-refractivity contribution in [2.75, 3.05) is 25.7 Å². The number of carbonyl (C=O) groups is 2. The maximum Gasteiger partial charge on any atom is 0.338 e. The minimum atomic E-state index is -0.530. The highest BCUT2D eigenvalue weighted by Crippen LogP contribution is 2.12. The number of amides is 1. The van der Waals surface area contributed by atoms with Gasteiger partial charge in [0.05, 0.1) is 12.2 Å². The smallest absolute Gasteiger partial charge is 0.338 e. The van der Waals surface area contributed by atoms with Crippen molar-refractivity contribution in [2.24, 2.45) is 0 Å². The molecule has 0 saturated carbocycles. The molecule has 0 spiro atoms. The Kier molecular flexibility index (Phi) is 5.88. The minimum Gasteiger partial charge on any atom is -0.452 e. The maximum absolute atomic E-state index is 12.1. The van der Waals surface area contributed by atoms with Crippen LogP contribution in [0.3, 0.4) is 0 Å². The molecule has 0 unspecified atom stereocenters. The van der Waals surface area contributed by atoms with Crippen molar-refractivity contribution < 1.29 is 19.1 Å². The molecule has 0 fully saturated rings. The molecule has 0 aliphatic heterocycles. The van der Waals surface area contributed by atoms with Crippen molar-refractivity contribution in [3.05, 3.63) is 65.7 Å². The second-order valence-corrected chi connectivity index (χ2v) is 5.00. The van der Waals surface area contributed by atoms with Crippen LogP contribution < -0.4 is 4.90 Å². The third kappa shape index (κ3) is 4.66. The summed E-state index contributed by atoms with van der Waals surface area (Å²) < 4.78 is 10.1. The molecule has 0 aliphatic carbocycles. The molecule has 2 rings (SSSR count). The summed E-state index contributed by atoms with van der Waals surface area (Å²) in [4.78, 5) is 25.6. The number of ether oxygens (including phenoxy) is 2. The summed E-state index contributed by atoms with van der Waals surface area (Å²) in [5, 5.41) is 0. The normalized spacial score (nSPS) is 10.2. The lowest BCUT2D eigenvalue weighted by Crippen LogP contribution is -2.31. The number of nitrogens with zero attached hydrogens (tertiary/aromatic N) is 1. The topological polar surface area (TPSA) is 55.8 Å². The van der Waals surface area contributed by atoms with E-state index in [1.807, 2.05) is 36.4 Å². The molecule has 5 nitrogen and oxygen atoms in total. The molecule has 0 heterocycles. The van der Waals surface area contributed by atoms with E-state index in [2.05, 4.69) is 0 Å². The molecule has 0 bridgehead atoms. The van der Waals surface area contributed by atoms with Gasteiger partial charge in [-0.25, -0.2) is 4.79 Å². The molecule has 0 N–H and O–H groups in total. The molecule has 2 aromatic rings. The van der Waals surface area contributed by atoms with Crippen molar-refractivity contribution >= 4 is 17.6 Å². The number of methoxy groups -OCH3 is 1. The molecule has 2 aromatic carbocycles. The Morgan fingerprint density at radius 3 is 2.48 bits per heavy atom. The molecular formula is C18H19NO4. The van der Waals surface area contributed by atoms with Crippen molar-refractivity contribution in [3.8, 4) is 0 Å². The van der Waals surface area contributed by atoms with E-state index in [1.165, 1.54) is 4.90 Å². The molecular weight excluding hydrogens is 294 g/mol. The Hall–Kier alpha value is -2.66. The maximum atomic E-state index is 12.1. The highest BCUT2D eigenvalue weighted by Gasteiger charge is 2.14. The first-order valence-electron chi connectivity index (χ1n) is 7.18. The first-order chi connectivity index (χ1) is 11.1. The number of anilines is 1. The average Bonchev–Trinajstić information content (AvgIpc) is 2.60. The molecule has 0 aliphatic rings. The lowest BCUT2D eigenvalue weighted by Gasteiger charge is -2.17. The van der Waals surface area contributed by atoms with Gasteiger partial charge in [0.2, 0.25) is 0 Å². The number of para-hydroxylation sites is 1. The van der Waals surface area contributed by atoms with Gasteiger partial charge < -0.3 is 14.4 Å². The average molecular weight is 313 g/mol. The van der Waals surface area contributed by atoms with Gasteiger partial charge in [-0.2, -0.15) is 0 Å². The van der Waals surface area contributed by atoms with Crippen molar-refractivity contribution in [1.29, 1.82) is 0 Å². The predicted molar refractivity (Wildman–Crippen MR) is 87.3 cm³/mol. The molecule has 0 saturated heterocycles. The summed E-state index contributed by atoms with van der Waals surface area (Å²) in [6.07, 6.45) is 0. The second-order valence-electron chi connectivity index (χ2n) is 5.00. The fourth-order valence-corrected chi connectivity index (χ4v) is 2.06. The van der Waals surface area contributed by atoms with Gasteiger partial charge in [0.1, 0.15) is 0 Å². The van der Waals surface area contributed by atoms with Crippen LogP contribution in [-0.2, 0) is 20.9 Å².